The van der Waals surface area contributed by atoms with Gasteiger partial charge in [-0.1, -0.05) is 6.92 Å². The molecule has 1 fully saturated rings. The zero-order valence-corrected chi connectivity index (χ0v) is 12.1. The van der Waals surface area contributed by atoms with E-state index in [0.29, 0.717) is 37.5 Å². The Balaban J connectivity index is 2.28. The first-order valence-electron chi connectivity index (χ1n) is 7.10. The van der Waals surface area contributed by atoms with Crippen LogP contribution in [0.15, 0.2) is 18.2 Å². The molecule has 1 saturated heterocycles. The monoisotopic (exact) mass is 292 g/mol. The number of carbonyl (C=O) groups excluding carboxylic acids is 2. The van der Waals surface area contributed by atoms with Gasteiger partial charge in [-0.05, 0) is 24.6 Å². The normalized spacial score (nSPS) is 14.6. The molecular weight excluding hydrogens is 272 g/mol. The summed E-state index contributed by atoms with van der Waals surface area (Å²) in [5, 5.41) is 2.56. The molecule has 0 bridgehead atoms. The van der Waals surface area contributed by atoms with E-state index in [1.54, 1.807) is 12.1 Å². The molecule has 1 amide bonds. The van der Waals surface area contributed by atoms with Crippen LogP contribution in [0.2, 0.25) is 0 Å². The molecule has 1 aliphatic heterocycles. The van der Waals surface area contributed by atoms with E-state index >= 15 is 0 Å². The standard InChI is InChI=1S/C15H20N2O4/c1-2-7-21-15(19)13-10-12(16-11-18)3-4-14(13)17-5-8-20-9-6-17/h3-4,10-11H,2,5-9H2,1H3,(H,16,18). The van der Waals surface area contributed by atoms with Crippen molar-refractivity contribution < 1.29 is 19.1 Å². The minimum absolute atomic E-state index is 0.368. The van der Waals surface area contributed by atoms with Crippen LogP contribution in [-0.2, 0) is 14.3 Å². The van der Waals surface area contributed by atoms with Gasteiger partial charge in [-0.25, -0.2) is 4.79 Å². The van der Waals surface area contributed by atoms with Crippen molar-refractivity contribution in [1.29, 1.82) is 0 Å². The van der Waals surface area contributed by atoms with Crippen molar-refractivity contribution in [2.24, 2.45) is 0 Å². The molecule has 6 heteroatoms. The summed E-state index contributed by atoms with van der Waals surface area (Å²) < 4.78 is 10.6. The predicted octanol–water partition coefficient (Wildman–Crippen LogP) is 1.66. The Kier molecular flexibility index (Phi) is 5.57. The van der Waals surface area contributed by atoms with Crippen molar-refractivity contribution in [1.82, 2.24) is 0 Å². The Morgan fingerprint density at radius 2 is 2.19 bits per heavy atom. The molecule has 1 aromatic rings. The van der Waals surface area contributed by atoms with Crippen LogP contribution in [0.4, 0.5) is 11.4 Å². The Bertz CT molecular complexity index is 498. The van der Waals surface area contributed by atoms with Crippen molar-refractivity contribution in [2.75, 3.05) is 43.1 Å². The summed E-state index contributed by atoms with van der Waals surface area (Å²) in [7, 11) is 0. The maximum atomic E-state index is 12.2. The second kappa shape index (κ2) is 7.64. The summed E-state index contributed by atoms with van der Waals surface area (Å²) in [5.41, 5.74) is 1.86. The number of anilines is 2. The van der Waals surface area contributed by atoms with Gasteiger partial charge in [0.15, 0.2) is 0 Å². The first-order valence-corrected chi connectivity index (χ1v) is 7.10. The van der Waals surface area contributed by atoms with Gasteiger partial charge in [0.25, 0.3) is 0 Å². The number of carbonyl (C=O) groups is 2. The summed E-state index contributed by atoms with van der Waals surface area (Å²) in [6.07, 6.45) is 1.36. The lowest BCUT2D eigenvalue weighted by molar-refractivity contribution is -0.105. The predicted molar refractivity (Wildman–Crippen MR) is 79.7 cm³/mol. The lowest BCUT2D eigenvalue weighted by Gasteiger charge is -2.30. The Hall–Kier alpha value is -2.08. The number of nitrogens with zero attached hydrogens (tertiary/aromatic N) is 1. The Morgan fingerprint density at radius 3 is 2.86 bits per heavy atom. The fraction of sp³-hybridized carbons (Fsp3) is 0.467. The van der Waals surface area contributed by atoms with Crippen LogP contribution in [0.3, 0.4) is 0 Å². The molecule has 1 aromatic carbocycles. The number of hydrogen-bond acceptors (Lipinski definition) is 5. The maximum absolute atomic E-state index is 12.2. The van der Waals surface area contributed by atoms with Crippen molar-refractivity contribution in [3.63, 3.8) is 0 Å². The van der Waals surface area contributed by atoms with E-state index in [4.69, 9.17) is 9.47 Å². The summed E-state index contributed by atoms with van der Waals surface area (Å²) in [5.74, 6) is -0.368. The lowest BCUT2D eigenvalue weighted by Crippen LogP contribution is -2.37. The molecule has 1 N–H and O–H groups in total. The molecule has 21 heavy (non-hydrogen) atoms. The van der Waals surface area contributed by atoms with Gasteiger partial charge in [-0.15, -0.1) is 0 Å². The number of esters is 1. The maximum Gasteiger partial charge on any atom is 0.340 e. The molecule has 0 atom stereocenters. The molecule has 1 heterocycles. The summed E-state index contributed by atoms with van der Waals surface area (Å²) in [6.45, 7) is 5.06. The van der Waals surface area contributed by atoms with Gasteiger partial charge in [0, 0.05) is 18.8 Å². The van der Waals surface area contributed by atoms with Crippen molar-refractivity contribution >= 4 is 23.8 Å². The highest BCUT2D eigenvalue weighted by atomic mass is 16.5. The molecule has 0 aliphatic carbocycles. The van der Waals surface area contributed by atoms with Crippen molar-refractivity contribution in [2.45, 2.75) is 13.3 Å². The van der Waals surface area contributed by atoms with Crippen molar-refractivity contribution in [3.8, 4) is 0 Å². The zero-order chi connectivity index (χ0) is 15.1. The molecule has 0 saturated carbocycles. The Labute approximate surface area is 124 Å². The van der Waals surface area contributed by atoms with E-state index < -0.39 is 0 Å². The highest BCUT2D eigenvalue weighted by Gasteiger charge is 2.20. The SMILES string of the molecule is CCCOC(=O)c1cc(NC=O)ccc1N1CCOCC1. The third-order valence-corrected chi connectivity index (χ3v) is 3.23. The van der Waals surface area contributed by atoms with Crippen LogP contribution < -0.4 is 10.2 Å². The number of nitrogens with one attached hydrogen (secondary N) is 1. The van der Waals surface area contributed by atoms with Crippen LogP contribution in [0.25, 0.3) is 0 Å². The number of ether oxygens (including phenoxy) is 2. The van der Waals surface area contributed by atoms with Crippen LogP contribution >= 0.6 is 0 Å². The van der Waals surface area contributed by atoms with E-state index in [2.05, 4.69) is 10.2 Å². The smallest absolute Gasteiger partial charge is 0.340 e. The minimum Gasteiger partial charge on any atom is -0.462 e. The van der Waals surface area contributed by atoms with Gasteiger partial charge in [0.05, 0.1) is 31.1 Å². The molecule has 0 unspecified atom stereocenters. The van der Waals surface area contributed by atoms with E-state index in [0.717, 1.165) is 25.2 Å². The minimum atomic E-state index is -0.368. The second-order valence-corrected chi connectivity index (χ2v) is 4.73. The lowest BCUT2D eigenvalue weighted by atomic mass is 10.1. The third-order valence-electron chi connectivity index (χ3n) is 3.23. The van der Waals surface area contributed by atoms with E-state index in [1.807, 2.05) is 13.0 Å². The number of hydrogen-bond donors (Lipinski definition) is 1. The molecule has 0 spiro atoms. The topological polar surface area (TPSA) is 67.9 Å². The second-order valence-electron chi connectivity index (χ2n) is 4.73. The molecule has 1 aliphatic rings. The van der Waals surface area contributed by atoms with Gasteiger partial charge >= 0.3 is 5.97 Å². The van der Waals surface area contributed by atoms with Gasteiger partial charge in [-0.3, -0.25) is 4.79 Å². The van der Waals surface area contributed by atoms with E-state index in [-0.39, 0.29) is 5.97 Å². The fourth-order valence-corrected chi connectivity index (χ4v) is 2.21. The van der Waals surface area contributed by atoms with Crippen LogP contribution in [0.5, 0.6) is 0 Å². The van der Waals surface area contributed by atoms with Crippen LogP contribution in [-0.4, -0.2) is 45.3 Å². The summed E-state index contributed by atoms with van der Waals surface area (Å²) in [4.78, 5) is 24.9. The first kappa shape index (κ1) is 15.3. The molecule has 0 radical (unpaired) electrons. The van der Waals surface area contributed by atoms with Crippen LogP contribution in [0.1, 0.15) is 23.7 Å². The summed E-state index contributed by atoms with van der Waals surface area (Å²) >= 11 is 0. The van der Waals surface area contributed by atoms with Gasteiger partial charge in [0.1, 0.15) is 0 Å². The van der Waals surface area contributed by atoms with Gasteiger partial charge in [0.2, 0.25) is 6.41 Å². The number of rotatable bonds is 6. The molecule has 0 aromatic heterocycles. The zero-order valence-electron chi connectivity index (χ0n) is 12.1. The Morgan fingerprint density at radius 1 is 1.43 bits per heavy atom. The van der Waals surface area contributed by atoms with Gasteiger partial charge < -0.3 is 19.7 Å². The average Bonchev–Trinajstić information content (AvgIpc) is 2.53. The summed E-state index contributed by atoms with van der Waals surface area (Å²) in [6, 6.07) is 5.26. The first-order chi connectivity index (χ1) is 10.3. The van der Waals surface area contributed by atoms with E-state index in [9.17, 15) is 9.59 Å². The highest BCUT2D eigenvalue weighted by Crippen LogP contribution is 2.26. The number of amides is 1. The molecule has 114 valence electrons. The van der Waals surface area contributed by atoms with Crippen molar-refractivity contribution in [3.05, 3.63) is 23.8 Å². The van der Waals surface area contributed by atoms with E-state index in [1.165, 1.54) is 0 Å². The van der Waals surface area contributed by atoms with Crippen LogP contribution in [0, 0.1) is 0 Å². The highest BCUT2D eigenvalue weighted by molar-refractivity contribution is 5.97. The molecule has 2 rings (SSSR count). The quantitative estimate of drug-likeness (QED) is 0.638. The molecule has 6 nitrogen and oxygen atoms in total. The third kappa shape index (κ3) is 3.95. The fourth-order valence-electron chi connectivity index (χ4n) is 2.21. The number of morpholine rings is 1. The van der Waals surface area contributed by atoms with Gasteiger partial charge in [-0.2, -0.15) is 0 Å². The average molecular weight is 292 g/mol. The largest absolute Gasteiger partial charge is 0.462 e. The molecular formula is C15H20N2O4. The number of benzene rings is 1.